The van der Waals surface area contributed by atoms with Gasteiger partial charge < -0.3 is 9.47 Å². The van der Waals surface area contributed by atoms with Gasteiger partial charge in [0.15, 0.2) is 0 Å². The molecule has 0 radical (unpaired) electrons. The van der Waals surface area contributed by atoms with Crippen LogP contribution in [-0.2, 0) is 9.47 Å². The number of benzene rings is 2. The van der Waals surface area contributed by atoms with Gasteiger partial charge in [-0.2, -0.15) is 0 Å². The van der Waals surface area contributed by atoms with E-state index in [0.717, 1.165) is 13.2 Å². The largest absolute Gasteiger partial charge is 0.383 e. The molecule has 4 nitrogen and oxygen atoms in total. The minimum Gasteiger partial charge on any atom is -0.383 e. The first-order valence-electron chi connectivity index (χ1n) is 12.9. The Morgan fingerprint density at radius 3 is 1.77 bits per heavy atom. The Balaban J connectivity index is 1.55. The molecule has 6 heteroatoms. The Morgan fingerprint density at radius 2 is 1.29 bits per heavy atom. The number of allylic oxidation sites excluding steroid dienone is 4. The van der Waals surface area contributed by atoms with Crippen molar-refractivity contribution in [3.8, 4) is 0 Å². The number of rotatable bonds is 10. The highest BCUT2D eigenvalue weighted by Crippen LogP contribution is 2.63. The van der Waals surface area contributed by atoms with Gasteiger partial charge in [-0.1, -0.05) is 78.9 Å². The molecule has 0 amide bonds. The molecule has 2 aromatic carbocycles. The monoisotopic (exact) mass is 508 g/mol. The maximum absolute atomic E-state index is 5.72. The van der Waals surface area contributed by atoms with Crippen LogP contribution in [0.1, 0.15) is 25.7 Å². The van der Waals surface area contributed by atoms with Gasteiger partial charge in [0.2, 0.25) is 0 Å². The summed E-state index contributed by atoms with van der Waals surface area (Å²) < 4.78 is 17.1. The predicted molar refractivity (Wildman–Crippen MR) is 150 cm³/mol. The molecule has 2 aromatic rings. The fraction of sp³-hybridized carbons (Fsp3) is 0.448. The van der Waals surface area contributed by atoms with Gasteiger partial charge in [0.1, 0.15) is 0 Å². The molecule has 186 valence electrons. The second-order valence-electron chi connectivity index (χ2n) is 9.58. The molecular weight excluding hydrogens is 470 g/mol. The standard InChI is InChI=1S/C29H38N2O2P2/c1-32-22-24-12-10-20-30(24)35(31-21-11-13-25(31)23-33-2)29-19-9-18-28(29)34(26-14-5-3-6-15-26)27-16-7-4-8-17-27/h3-9,14-19,24-25,29H,10-13,20-23H2,1-2H3/t24-,25-,29?/m0/s1. The average molecular weight is 509 g/mol. The minimum atomic E-state index is -0.598. The highest BCUT2D eigenvalue weighted by molar-refractivity contribution is 7.77. The van der Waals surface area contributed by atoms with Crippen LogP contribution in [0.2, 0.25) is 0 Å². The van der Waals surface area contributed by atoms with Crippen LogP contribution in [0.15, 0.2) is 84.2 Å². The molecule has 3 atom stereocenters. The summed E-state index contributed by atoms with van der Waals surface area (Å²) in [5.41, 5.74) is 0.423. The zero-order valence-electron chi connectivity index (χ0n) is 21.0. The average Bonchev–Trinajstić information content (AvgIpc) is 3.65. The molecule has 1 unspecified atom stereocenters. The van der Waals surface area contributed by atoms with Crippen LogP contribution in [0.5, 0.6) is 0 Å². The van der Waals surface area contributed by atoms with Gasteiger partial charge in [-0.15, -0.1) is 0 Å². The number of ether oxygens (including phenoxy) is 2. The van der Waals surface area contributed by atoms with Crippen molar-refractivity contribution in [1.29, 1.82) is 0 Å². The van der Waals surface area contributed by atoms with E-state index in [-0.39, 0.29) is 0 Å². The second kappa shape index (κ2) is 12.2. The summed E-state index contributed by atoms with van der Waals surface area (Å²) in [6, 6.07) is 23.3. The van der Waals surface area contributed by atoms with Crippen LogP contribution in [0, 0.1) is 0 Å². The van der Waals surface area contributed by atoms with Crippen LogP contribution in [0.4, 0.5) is 0 Å². The lowest BCUT2D eigenvalue weighted by Gasteiger charge is -2.45. The van der Waals surface area contributed by atoms with Gasteiger partial charge in [-0.05, 0) is 49.5 Å². The SMILES string of the molecule is COC[C@@H]1CCCN1P(C1C=CC=C1P(c1ccccc1)c1ccccc1)N1CCC[C@H]1COC. The summed E-state index contributed by atoms with van der Waals surface area (Å²) in [6.07, 6.45) is 12.3. The molecule has 5 rings (SSSR count). The van der Waals surface area contributed by atoms with Crippen LogP contribution >= 0.6 is 16.1 Å². The molecule has 2 heterocycles. The summed E-state index contributed by atoms with van der Waals surface area (Å²) in [7, 11) is 2.56. The Morgan fingerprint density at radius 1 is 0.771 bits per heavy atom. The molecule has 0 bridgehead atoms. The van der Waals surface area contributed by atoms with Gasteiger partial charge in [0.05, 0.1) is 27.1 Å². The molecule has 1 aliphatic carbocycles. The zero-order valence-corrected chi connectivity index (χ0v) is 22.8. The van der Waals surface area contributed by atoms with Gasteiger partial charge >= 0.3 is 0 Å². The van der Waals surface area contributed by atoms with Gasteiger partial charge in [0.25, 0.3) is 0 Å². The first-order chi connectivity index (χ1) is 17.3. The summed E-state index contributed by atoms with van der Waals surface area (Å²) in [5, 5.41) is 4.47. The number of hydrogen-bond donors (Lipinski definition) is 0. The summed E-state index contributed by atoms with van der Waals surface area (Å²) in [5.74, 6) is 0. The highest BCUT2D eigenvalue weighted by Gasteiger charge is 2.45. The topological polar surface area (TPSA) is 24.9 Å². The quantitative estimate of drug-likeness (QED) is 0.397. The van der Waals surface area contributed by atoms with Crippen LogP contribution < -0.4 is 10.6 Å². The summed E-state index contributed by atoms with van der Waals surface area (Å²) in [6.45, 7) is 3.98. The molecule has 2 fully saturated rings. The number of hydrogen-bond acceptors (Lipinski definition) is 4. The van der Waals surface area contributed by atoms with Crippen LogP contribution in [0.3, 0.4) is 0 Å². The van der Waals surface area contributed by atoms with Crippen LogP contribution in [-0.4, -0.2) is 67.6 Å². The van der Waals surface area contributed by atoms with E-state index in [1.807, 2.05) is 14.2 Å². The van der Waals surface area contributed by atoms with E-state index >= 15 is 0 Å². The van der Waals surface area contributed by atoms with Crippen LogP contribution in [0.25, 0.3) is 0 Å². The van der Waals surface area contributed by atoms with Crippen molar-refractivity contribution in [2.45, 2.75) is 43.4 Å². The van der Waals surface area contributed by atoms with Crippen molar-refractivity contribution >= 4 is 26.8 Å². The van der Waals surface area contributed by atoms with E-state index in [9.17, 15) is 0 Å². The van der Waals surface area contributed by atoms with Gasteiger partial charge in [-0.25, -0.2) is 0 Å². The lowest BCUT2D eigenvalue weighted by Crippen LogP contribution is -2.41. The molecule has 35 heavy (non-hydrogen) atoms. The van der Waals surface area contributed by atoms with Gasteiger partial charge in [0, 0.05) is 39.4 Å². The molecule has 0 N–H and O–H groups in total. The van der Waals surface area contributed by atoms with Crippen molar-refractivity contribution in [1.82, 2.24) is 9.34 Å². The van der Waals surface area contributed by atoms with Crippen molar-refractivity contribution < 1.29 is 9.47 Å². The summed E-state index contributed by atoms with van der Waals surface area (Å²) in [4.78, 5) is 0. The third kappa shape index (κ3) is 5.49. The molecular formula is C29H38N2O2P2. The highest BCUT2D eigenvalue weighted by atomic mass is 31.1. The van der Waals surface area contributed by atoms with Crippen molar-refractivity contribution in [2.75, 3.05) is 40.5 Å². The Hall–Kier alpha value is -1.38. The molecule has 3 aliphatic rings. The molecule has 0 spiro atoms. The van der Waals surface area contributed by atoms with E-state index in [1.165, 1.54) is 49.4 Å². The fourth-order valence-electron chi connectivity index (χ4n) is 5.83. The maximum atomic E-state index is 5.72. The van der Waals surface area contributed by atoms with E-state index in [2.05, 4.69) is 88.2 Å². The van der Waals surface area contributed by atoms with E-state index in [4.69, 9.17) is 9.47 Å². The number of methoxy groups -OCH3 is 2. The first-order valence-corrected chi connectivity index (χ1v) is 15.6. The predicted octanol–water partition coefficient (Wildman–Crippen LogP) is 5.48. The molecule has 2 saturated heterocycles. The minimum absolute atomic E-state index is 0.423. The van der Waals surface area contributed by atoms with E-state index in [0.29, 0.717) is 17.7 Å². The molecule has 2 aliphatic heterocycles. The lowest BCUT2D eigenvalue weighted by molar-refractivity contribution is 0.137. The normalized spacial score (nSPS) is 25.3. The third-order valence-corrected chi connectivity index (χ3v) is 13.2. The Labute approximate surface area is 213 Å². The third-order valence-electron chi connectivity index (χ3n) is 7.34. The second-order valence-corrected chi connectivity index (χ2v) is 14.0. The van der Waals surface area contributed by atoms with Crippen molar-refractivity contribution in [3.63, 3.8) is 0 Å². The van der Waals surface area contributed by atoms with Gasteiger partial charge in [-0.3, -0.25) is 9.34 Å². The smallest absolute Gasteiger partial charge is 0.0621 e. The first kappa shape index (κ1) is 25.3. The zero-order chi connectivity index (χ0) is 24.0. The Bertz CT molecular complexity index is 937. The maximum Gasteiger partial charge on any atom is 0.0621 e. The molecule has 0 aromatic heterocycles. The van der Waals surface area contributed by atoms with E-state index in [1.54, 1.807) is 5.31 Å². The van der Waals surface area contributed by atoms with Crippen molar-refractivity contribution in [2.24, 2.45) is 0 Å². The Kier molecular flexibility index (Phi) is 8.84. The lowest BCUT2D eigenvalue weighted by atomic mass is 10.2. The van der Waals surface area contributed by atoms with Crippen molar-refractivity contribution in [3.05, 3.63) is 84.2 Å². The number of nitrogens with zero attached hydrogens (tertiary/aromatic N) is 2. The molecule has 0 saturated carbocycles. The summed E-state index contributed by atoms with van der Waals surface area (Å²) >= 11 is 0. The van der Waals surface area contributed by atoms with E-state index < -0.39 is 16.1 Å². The fourth-order valence-corrected chi connectivity index (χ4v) is 12.1.